The Bertz CT molecular complexity index is 4460. The van der Waals surface area contributed by atoms with Crippen molar-refractivity contribution in [1.29, 1.82) is 0 Å². The number of fused-ring (bicyclic) bond motifs is 8. The summed E-state index contributed by atoms with van der Waals surface area (Å²) in [5.74, 6) is 1.47. The molecule has 8 aliphatic carbocycles. The molecule has 0 radical (unpaired) electrons. The molecule has 11 heterocycles. The number of phenolic OH excluding ortho intramolecular Hbond substituents is 2. The van der Waals surface area contributed by atoms with Gasteiger partial charge in [-0.15, -0.1) is 0 Å². The molecule has 3 aromatic carbocycles. The van der Waals surface area contributed by atoms with Crippen molar-refractivity contribution < 1.29 is 59.5 Å². The summed E-state index contributed by atoms with van der Waals surface area (Å²) >= 11 is 0. The smallest absolute Gasteiger partial charge is 0.226 e. The van der Waals surface area contributed by atoms with E-state index in [2.05, 4.69) is 65.3 Å². The quantitative estimate of drug-likeness (QED) is 0.0478. The third kappa shape index (κ3) is 7.33. The summed E-state index contributed by atoms with van der Waals surface area (Å²) in [7, 11) is 0. The zero-order valence-corrected chi connectivity index (χ0v) is 53.7. The number of hydrogen-bond acceptors (Lipinski definition) is 14. The van der Waals surface area contributed by atoms with Crippen molar-refractivity contribution in [3.63, 3.8) is 0 Å². The van der Waals surface area contributed by atoms with Gasteiger partial charge < -0.3 is 65.1 Å². The van der Waals surface area contributed by atoms with Gasteiger partial charge in [-0.2, -0.15) is 0 Å². The van der Waals surface area contributed by atoms with E-state index in [1.807, 2.05) is 19.1 Å². The minimum atomic E-state index is -2.63. The van der Waals surface area contributed by atoms with E-state index < -0.39 is 77.0 Å². The average molecular weight is 1280 g/mol. The minimum absolute atomic E-state index is 0.0244. The van der Waals surface area contributed by atoms with E-state index in [1.165, 1.54) is 29.8 Å². The number of nitrogens with zero attached hydrogens (tertiary/aromatic N) is 1. The van der Waals surface area contributed by atoms with Gasteiger partial charge in [-0.05, 0) is 196 Å². The van der Waals surface area contributed by atoms with Gasteiger partial charge in [-0.1, -0.05) is 68.2 Å². The summed E-state index contributed by atoms with van der Waals surface area (Å²) in [5, 5.41) is 94.9. The highest BCUT2D eigenvalue weighted by atomic mass is 17.2. The van der Waals surface area contributed by atoms with Crippen LogP contribution >= 0.6 is 0 Å². The first-order valence-electron chi connectivity index (χ1n) is 35.5. The van der Waals surface area contributed by atoms with Gasteiger partial charge in [0.05, 0.1) is 28.5 Å². The van der Waals surface area contributed by atoms with E-state index >= 15 is 4.79 Å². The van der Waals surface area contributed by atoms with Crippen molar-refractivity contribution in [3.05, 3.63) is 140 Å². The average Bonchev–Trinajstić information content (AvgIpc) is 1.14. The Morgan fingerprint density at radius 1 is 0.894 bits per heavy atom. The lowest BCUT2D eigenvalue weighted by Gasteiger charge is -2.69. The highest BCUT2D eigenvalue weighted by Gasteiger charge is 2.78. The molecule has 3 aromatic heterocycles. The minimum Gasteiger partial charge on any atom is -0.508 e. The van der Waals surface area contributed by atoms with Crippen LogP contribution in [0, 0.1) is 71.0 Å². The number of allylic oxidation sites excluding steroid dienone is 3. The molecule has 492 valence electrons. The molecular formula is C77H86N4O13. The molecule has 10 N–H and O–H groups in total. The Morgan fingerprint density at radius 3 is 2.59 bits per heavy atom. The van der Waals surface area contributed by atoms with Gasteiger partial charge in [0, 0.05) is 83.2 Å². The third-order valence-corrected chi connectivity index (χ3v) is 28.2. The summed E-state index contributed by atoms with van der Waals surface area (Å²) in [5.41, 5.74) is 0.727. The number of H-pyrrole nitrogens is 1. The van der Waals surface area contributed by atoms with Gasteiger partial charge in [0.1, 0.15) is 53.0 Å². The van der Waals surface area contributed by atoms with Crippen LogP contribution in [0.15, 0.2) is 111 Å². The van der Waals surface area contributed by atoms with Crippen LogP contribution in [0.3, 0.4) is 0 Å². The molecule has 7 fully saturated rings. The number of aryl methyl sites for hydroxylation is 2. The van der Waals surface area contributed by atoms with Crippen molar-refractivity contribution in [2.24, 2.45) is 64.1 Å². The van der Waals surface area contributed by atoms with E-state index in [-0.39, 0.29) is 83.1 Å². The number of rotatable bonds is 9. The lowest BCUT2D eigenvalue weighted by atomic mass is 9.41. The van der Waals surface area contributed by atoms with Crippen LogP contribution in [-0.2, 0) is 33.8 Å². The molecular weight excluding hydrogens is 1190 g/mol. The predicted octanol–water partition coefficient (Wildman–Crippen LogP) is 9.67. The molecule has 1 amide bonds. The van der Waals surface area contributed by atoms with Crippen LogP contribution in [0.25, 0.3) is 38.3 Å². The number of phenols is 2. The molecule has 4 spiro atoms. The number of benzene rings is 3. The molecule has 16 aliphatic rings. The topological polar surface area (TPSA) is 261 Å². The van der Waals surface area contributed by atoms with E-state index in [0.717, 1.165) is 110 Å². The van der Waals surface area contributed by atoms with Gasteiger partial charge >= 0.3 is 0 Å². The molecule has 17 nitrogen and oxygen atoms in total. The summed E-state index contributed by atoms with van der Waals surface area (Å²) in [6.07, 6.45) is 18.5. The summed E-state index contributed by atoms with van der Waals surface area (Å²) in [6, 6.07) is 13.6. The number of aliphatic hydroxyl groups excluding tert-OH is 4. The SMILES string of the molecule is CCc1c2cc3[nH]c2cn1-c1c2c(cc4c(=O)cc(C)oc14)CC1OOC4(C(O)(Cc5ccc(O)c6ccc(O)cc56)C(O)C(O)C(O)CO)C=CC5=C(CC4)C4C6C(=CC(C57NC5CC(CC)C8CCC7CC58)C14O2)CCC1C2(C=CC3CC2)CCCC12C(=O)NCC62. The fraction of sp³-hybridized carbons (Fsp3) is 0.558. The van der Waals surface area contributed by atoms with Crippen LogP contribution in [-0.4, -0.2) is 117 Å². The summed E-state index contributed by atoms with van der Waals surface area (Å²) < 4.78 is 18.0. The largest absolute Gasteiger partial charge is 0.508 e. The number of piperidine rings is 1. The lowest BCUT2D eigenvalue weighted by molar-refractivity contribution is -0.430. The van der Waals surface area contributed by atoms with Crippen molar-refractivity contribution in [3.8, 4) is 22.9 Å². The monoisotopic (exact) mass is 1270 g/mol. The molecule has 17 bridgehead atoms. The van der Waals surface area contributed by atoms with Crippen LogP contribution in [0.5, 0.6) is 17.2 Å². The number of carbonyl (C=O) groups is 1. The molecule has 8 aliphatic heterocycles. The second kappa shape index (κ2) is 20.1. The fourth-order valence-corrected chi connectivity index (χ4v) is 24.3. The first kappa shape index (κ1) is 58.8. The van der Waals surface area contributed by atoms with E-state index in [1.54, 1.807) is 12.1 Å². The molecule has 6 aromatic rings. The van der Waals surface area contributed by atoms with E-state index in [0.29, 0.717) is 80.8 Å². The van der Waals surface area contributed by atoms with Crippen molar-refractivity contribution in [2.45, 2.75) is 189 Å². The number of nitrogens with one attached hydrogen (secondary N) is 3. The van der Waals surface area contributed by atoms with Gasteiger partial charge in [0.25, 0.3) is 0 Å². The predicted molar refractivity (Wildman–Crippen MR) is 350 cm³/mol. The zero-order valence-electron chi connectivity index (χ0n) is 53.7. The second-order valence-electron chi connectivity index (χ2n) is 31.5. The van der Waals surface area contributed by atoms with Gasteiger partial charge in [-0.3, -0.25) is 9.59 Å². The molecule has 94 heavy (non-hydrogen) atoms. The van der Waals surface area contributed by atoms with Crippen molar-refractivity contribution in [1.82, 2.24) is 20.2 Å². The maximum Gasteiger partial charge on any atom is 0.226 e. The van der Waals surface area contributed by atoms with Gasteiger partial charge in [-0.25, -0.2) is 9.78 Å². The first-order valence-corrected chi connectivity index (χ1v) is 35.5. The number of aromatic hydroxyl groups is 2. The maximum atomic E-state index is 16.0. The maximum absolute atomic E-state index is 16.0. The Labute approximate surface area is 544 Å². The van der Waals surface area contributed by atoms with Crippen LogP contribution in [0.4, 0.5) is 0 Å². The van der Waals surface area contributed by atoms with Gasteiger partial charge in [0.15, 0.2) is 28.0 Å². The molecule has 21 unspecified atom stereocenters. The third-order valence-electron chi connectivity index (χ3n) is 28.2. The highest BCUT2D eigenvalue weighted by Crippen LogP contribution is 2.74. The second-order valence-corrected chi connectivity index (χ2v) is 31.5. The molecule has 17 heteroatoms. The summed E-state index contributed by atoms with van der Waals surface area (Å²) in [6.45, 7) is 5.88. The Kier molecular flexibility index (Phi) is 12.5. The van der Waals surface area contributed by atoms with Crippen molar-refractivity contribution >= 4 is 38.6 Å². The number of hydrogen-bond donors (Lipinski definition) is 10. The first-order chi connectivity index (χ1) is 45.4. The normalized spacial score (nSPS) is 39.1. The van der Waals surface area contributed by atoms with E-state index in [4.69, 9.17) is 24.2 Å². The fourth-order valence-electron chi connectivity index (χ4n) is 24.3. The number of amides is 1. The van der Waals surface area contributed by atoms with Crippen molar-refractivity contribution in [2.75, 3.05) is 13.2 Å². The zero-order chi connectivity index (χ0) is 64.1. The Morgan fingerprint density at radius 2 is 1.77 bits per heavy atom. The Hall–Kier alpha value is -6.54. The number of aromatic amines is 1. The number of aliphatic hydroxyl groups is 5. The number of aromatic nitrogens is 2. The summed E-state index contributed by atoms with van der Waals surface area (Å²) in [4.78, 5) is 49.8. The molecule has 4 saturated carbocycles. The van der Waals surface area contributed by atoms with Crippen LogP contribution < -0.4 is 20.8 Å². The molecule has 3 saturated heterocycles. The number of ether oxygens (including phenoxy) is 1. The van der Waals surface area contributed by atoms with Gasteiger partial charge in [0.2, 0.25) is 5.91 Å². The molecule has 22 rings (SSSR count). The highest BCUT2D eigenvalue weighted by molar-refractivity contribution is 5.94. The number of carbonyl (C=O) groups excluding carboxylic acids is 1. The lowest BCUT2D eigenvalue weighted by Crippen LogP contribution is -2.79. The van der Waals surface area contributed by atoms with E-state index in [9.17, 15) is 40.5 Å². The van der Waals surface area contributed by atoms with Crippen LogP contribution in [0.2, 0.25) is 0 Å². The Balaban J connectivity index is 0.928. The molecule has 21 atom stereocenters. The standard InChI is InChI=1S/C77H86N4O13/c1-4-38-27-55-49-30-43(9-11-45(38)49)76(80-55)52-18-24-73(75(90,70(88)67(87)60(86)36-82)33-41-7-13-58(84)46-12-10-44(83)31-48(41)46)23-17-47(52)65-64-40-8-14-61-72(19-6-20-74(61)53(64)34-78-71(74)89)21-15-39(16-22-72)54-32-50-56(79-54)35-81(57(50)5-2)66-68-42(26-51-59(85)25-37(3)91-69(51)66)29-63(93-94-73)77(65,92-68)62(76)28-40/h7,10,12-13,15,18,21,24-26,28,31-32,35,38-39,43,45,49,53,55,60-65,67,70,79-80,82-84,86-88,90H,4-6,8-9,11,14,16-17,19-20,22-23,27,29-30,33-34,36H2,1-3H3,(H,78,89). The van der Waals surface area contributed by atoms with Crippen LogP contribution in [0.1, 0.15) is 138 Å².